The molecule has 1 aromatic rings. The molecule has 0 saturated heterocycles. The molecule has 5 heteroatoms. The minimum absolute atomic E-state index is 0.205. The van der Waals surface area contributed by atoms with E-state index >= 15 is 0 Å². The fraction of sp³-hybridized carbons (Fsp3) is 0.444. The van der Waals surface area contributed by atoms with E-state index in [1.165, 1.54) is 6.42 Å². The van der Waals surface area contributed by atoms with E-state index in [-0.39, 0.29) is 4.90 Å². The van der Waals surface area contributed by atoms with Crippen LogP contribution in [0.3, 0.4) is 0 Å². The zero-order chi connectivity index (χ0) is 16.0. The second-order valence-electron chi connectivity index (χ2n) is 6.86. The first-order valence-electron chi connectivity index (χ1n) is 8.29. The number of anilines is 1. The van der Waals surface area contributed by atoms with E-state index in [0.29, 0.717) is 23.8 Å². The lowest BCUT2D eigenvalue weighted by molar-refractivity contribution is 0.294. The molecular formula is C18H22N2O2S. The Morgan fingerprint density at radius 3 is 2.74 bits per heavy atom. The van der Waals surface area contributed by atoms with Crippen LogP contribution in [0.5, 0.6) is 0 Å². The third kappa shape index (κ3) is 2.62. The van der Waals surface area contributed by atoms with E-state index in [1.54, 1.807) is 12.1 Å². The Labute approximate surface area is 137 Å². The van der Waals surface area contributed by atoms with E-state index < -0.39 is 10.0 Å². The van der Waals surface area contributed by atoms with Gasteiger partial charge in [0.25, 0.3) is 0 Å². The summed E-state index contributed by atoms with van der Waals surface area (Å²) in [4.78, 5) is 0.205. The average molecular weight is 330 g/mol. The van der Waals surface area contributed by atoms with Crippen molar-refractivity contribution in [2.24, 2.45) is 17.0 Å². The molecule has 0 aromatic heterocycles. The SMILES string of the molecule is NS(=O)(=O)c1ccc2c(c1)[C@H]1C=CC[C@@H]1[C@H]([C@H]1CC=CCC1)N2. The summed E-state index contributed by atoms with van der Waals surface area (Å²) in [6.07, 6.45) is 13.6. The van der Waals surface area contributed by atoms with Gasteiger partial charge >= 0.3 is 0 Å². The van der Waals surface area contributed by atoms with Crippen molar-refractivity contribution in [2.45, 2.75) is 42.5 Å². The summed E-state index contributed by atoms with van der Waals surface area (Å²) in [5.41, 5.74) is 2.13. The van der Waals surface area contributed by atoms with Gasteiger partial charge in [-0.1, -0.05) is 24.3 Å². The minimum Gasteiger partial charge on any atom is -0.381 e. The summed E-state index contributed by atoms with van der Waals surface area (Å²) in [6.45, 7) is 0. The fourth-order valence-electron chi connectivity index (χ4n) is 4.40. The molecule has 0 amide bonds. The molecule has 0 bridgehead atoms. The highest BCUT2D eigenvalue weighted by Crippen LogP contribution is 2.48. The number of hydrogen-bond acceptors (Lipinski definition) is 3. The Bertz CT molecular complexity index is 782. The molecular weight excluding hydrogens is 308 g/mol. The van der Waals surface area contributed by atoms with Gasteiger partial charge in [-0.3, -0.25) is 0 Å². The van der Waals surface area contributed by atoms with Crippen LogP contribution in [0.25, 0.3) is 0 Å². The number of hydrogen-bond donors (Lipinski definition) is 2. The zero-order valence-electron chi connectivity index (χ0n) is 13.0. The van der Waals surface area contributed by atoms with Crippen molar-refractivity contribution >= 4 is 15.7 Å². The standard InChI is InChI=1S/C18H22N2O2S/c19-23(21,22)13-9-10-17-16(11-13)14-7-4-8-15(14)18(20-17)12-5-2-1-3-6-12/h1-2,4,7,9-12,14-15,18,20H,3,5-6,8H2,(H2,19,21,22)/t12-,14-,15-,18-/m0/s1. The largest absolute Gasteiger partial charge is 0.381 e. The fourth-order valence-corrected chi connectivity index (χ4v) is 4.95. The lowest BCUT2D eigenvalue weighted by Crippen LogP contribution is -2.41. The van der Waals surface area contributed by atoms with E-state index in [0.717, 1.165) is 30.5 Å². The smallest absolute Gasteiger partial charge is 0.238 e. The summed E-state index contributed by atoms with van der Waals surface area (Å²) in [7, 11) is -3.66. The number of fused-ring (bicyclic) bond motifs is 3. The first-order valence-corrected chi connectivity index (χ1v) is 9.83. The monoisotopic (exact) mass is 330 g/mol. The summed E-state index contributed by atoms with van der Waals surface area (Å²) >= 11 is 0. The van der Waals surface area contributed by atoms with Crippen molar-refractivity contribution in [1.29, 1.82) is 0 Å². The third-order valence-electron chi connectivity index (χ3n) is 5.52. The molecule has 0 saturated carbocycles. The van der Waals surface area contributed by atoms with Crippen molar-refractivity contribution in [1.82, 2.24) is 0 Å². The predicted molar refractivity (Wildman–Crippen MR) is 91.7 cm³/mol. The van der Waals surface area contributed by atoms with Gasteiger partial charge in [-0.05, 0) is 61.3 Å². The number of benzene rings is 1. The van der Waals surface area contributed by atoms with Crippen LogP contribution in [-0.4, -0.2) is 14.5 Å². The van der Waals surface area contributed by atoms with Crippen LogP contribution in [-0.2, 0) is 10.0 Å². The summed E-state index contributed by atoms with van der Waals surface area (Å²) in [5, 5.41) is 9.00. The third-order valence-corrected chi connectivity index (χ3v) is 6.44. The maximum absolute atomic E-state index is 11.7. The molecule has 1 aliphatic heterocycles. The number of allylic oxidation sites excluding steroid dienone is 4. The Kier molecular flexibility index (Phi) is 3.58. The quantitative estimate of drug-likeness (QED) is 0.818. The summed E-state index contributed by atoms with van der Waals surface area (Å²) in [5.74, 6) is 1.46. The molecule has 0 radical (unpaired) electrons. The molecule has 4 rings (SSSR count). The van der Waals surface area contributed by atoms with Crippen molar-refractivity contribution in [3.05, 3.63) is 48.1 Å². The van der Waals surface area contributed by atoms with Crippen molar-refractivity contribution < 1.29 is 8.42 Å². The van der Waals surface area contributed by atoms with Gasteiger partial charge in [0.05, 0.1) is 4.90 Å². The molecule has 1 aromatic carbocycles. The van der Waals surface area contributed by atoms with E-state index in [9.17, 15) is 8.42 Å². The minimum atomic E-state index is -3.66. The molecule has 3 N–H and O–H groups in total. The first-order chi connectivity index (χ1) is 11.0. The number of nitrogens with two attached hydrogens (primary N) is 1. The molecule has 4 atom stereocenters. The van der Waals surface area contributed by atoms with Crippen LogP contribution in [0, 0.1) is 11.8 Å². The molecule has 0 spiro atoms. The number of nitrogens with one attached hydrogen (secondary N) is 1. The van der Waals surface area contributed by atoms with Crippen LogP contribution >= 0.6 is 0 Å². The van der Waals surface area contributed by atoms with Crippen LogP contribution in [0.4, 0.5) is 5.69 Å². The molecule has 3 aliphatic rings. The summed E-state index contributed by atoms with van der Waals surface area (Å²) < 4.78 is 23.3. The second kappa shape index (κ2) is 5.49. The zero-order valence-corrected chi connectivity index (χ0v) is 13.8. The lowest BCUT2D eigenvalue weighted by atomic mass is 9.72. The van der Waals surface area contributed by atoms with Gasteiger partial charge in [0.2, 0.25) is 10.0 Å². The number of primary sulfonamides is 1. The van der Waals surface area contributed by atoms with Crippen LogP contribution in [0.1, 0.15) is 37.2 Å². The first kappa shape index (κ1) is 15.0. The van der Waals surface area contributed by atoms with E-state index in [2.05, 4.69) is 29.6 Å². The van der Waals surface area contributed by atoms with Gasteiger partial charge in [0.1, 0.15) is 0 Å². The Hall–Kier alpha value is -1.59. The highest BCUT2D eigenvalue weighted by molar-refractivity contribution is 7.89. The lowest BCUT2D eigenvalue weighted by Gasteiger charge is -2.42. The maximum atomic E-state index is 11.7. The molecule has 0 unspecified atom stereocenters. The molecule has 1 heterocycles. The van der Waals surface area contributed by atoms with Crippen molar-refractivity contribution in [3.8, 4) is 0 Å². The second-order valence-corrected chi connectivity index (χ2v) is 8.42. The molecule has 23 heavy (non-hydrogen) atoms. The van der Waals surface area contributed by atoms with Crippen molar-refractivity contribution in [3.63, 3.8) is 0 Å². The van der Waals surface area contributed by atoms with Gasteiger partial charge in [-0.15, -0.1) is 0 Å². The molecule has 122 valence electrons. The van der Waals surface area contributed by atoms with Gasteiger partial charge in [-0.2, -0.15) is 0 Å². The highest BCUT2D eigenvalue weighted by Gasteiger charge is 2.40. The normalized spacial score (nSPS) is 32.2. The molecule has 2 aliphatic carbocycles. The topological polar surface area (TPSA) is 72.2 Å². The van der Waals surface area contributed by atoms with Gasteiger partial charge in [0, 0.05) is 17.6 Å². The molecule has 0 fully saturated rings. The van der Waals surface area contributed by atoms with E-state index in [1.807, 2.05) is 6.07 Å². The maximum Gasteiger partial charge on any atom is 0.238 e. The van der Waals surface area contributed by atoms with E-state index in [4.69, 9.17) is 5.14 Å². The number of sulfonamides is 1. The average Bonchev–Trinajstić information content (AvgIpc) is 3.03. The Morgan fingerprint density at radius 1 is 1.13 bits per heavy atom. The highest BCUT2D eigenvalue weighted by atomic mass is 32.2. The Morgan fingerprint density at radius 2 is 2.00 bits per heavy atom. The Balaban J connectivity index is 1.73. The number of rotatable bonds is 2. The molecule has 4 nitrogen and oxygen atoms in total. The van der Waals surface area contributed by atoms with Gasteiger partial charge in [0.15, 0.2) is 0 Å². The van der Waals surface area contributed by atoms with Crippen LogP contribution in [0.2, 0.25) is 0 Å². The van der Waals surface area contributed by atoms with Gasteiger partial charge < -0.3 is 5.32 Å². The summed E-state index contributed by atoms with van der Waals surface area (Å²) in [6, 6.07) is 5.69. The van der Waals surface area contributed by atoms with Crippen LogP contribution in [0.15, 0.2) is 47.4 Å². The van der Waals surface area contributed by atoms with Gasteiger partial charge in [-0.25, -0.2) is 13.6 Å². The predicted octanol–water partition coefficient (Wildman–Crippen LogP) is 3.14. The van der Waals surface area contributed by atoms with Crippen LogP contribution < -0.4 is 10.5 Å². The van der Waals surface area contributed by atoms with Crippen molar-refractivity contribution in [2.75, 3.05) is 5.32 Å².